The number of rotatable bonds is 6. The molecular weight excluding hydrogens is 277 g/mol. The van der Waals surface area contributed by atoms with Crippen LogP contribution in [-0.4, -0.2) is 43.4 Å². The second kappa shape index (κ2) is 6.03. The first-order valence-electron chi connectivity index (χ1n) is 5.20. The molecule has 0 heterocycles. The van der Waals surface area contributed by atoms with E-state index in [0.717, 1.165) is 0 Å². The molecule has 1 aromatic rings. The van der Waals surface area contributed by atoms with Gasteiger partial charge in [-0.2, -0.15) is 0 Å². The summed E-state index contributed by atoms with van der Waals surface area (Å²) in [5.41, 5.74) is 0.404. The Morgan fingerprint density at radius 2 is 1.89 bits per heavy atom. The first-order valence-corrected chi connectivity index (χ1v) is 7.00. The zero-order valence-electron chi connectivity index (χ0n) is 9.72. The minimum Gasteiger partial charge on any atom is -0.504 e. The molecule has 9 heteroatoms. The highest BCUT2D eigenvalue weighted by molar-refractivity contribution is 7.51. The molecule has 0 saturated carbocycles. The lowest BCUT2D eigenvalue weighted by Crippen LogP contribution is -2.39. The Morgan fingerprint density at radius 1 is 1.26 bits per heavy atom. The molecule has 0 bridgehead atoms. The number of hydrogen-bond donors (Lipinski definition) is 6. The second-order valence-electron chi connectivity index (χ2n) is 3.94. The molecule has 106 valence electrons. The molecule has 6 N–H and O–H groups in total. The van der Waals surface area contributed by atoms with Crippen LogP contribution in [0.25, 0.3) is 0 Å². The van der Waals surface area contributed by atoms with E-state index in [4.69, 9.17) is 20.0 Å². The molecule has 0 fully saturated rings. The summed E-state index contributed by atoms with van der Waals surface area (Å²) in [5, 5.41) is 29.5. The molecule has 0 radical (unpaired) electrons. The van der Waals surface area contributed by atoms with Gasteiger partial charge in [0.25, 0.3) is 0 Å². The number of phenols is 2. The Hall–Kier alpha value is -1.60. The van der Waals surface area contributed by atoms with Crippen LogP contribution in [0.1, 0.15) is 5.56 Å². The molecule has 1 rings (SSSR count). The van der Waals surface area contributed by atoms with Crippen molar-refractivity contribution in [3.63, 3.8) is 0 Å². The largest absolute Gasteiger partial charge is 0.504 e. The van der Waals surface area contributed by atoms with Crippen molar-refractivity contribution in [2.24, 2.45) is 0 Å². The van der Waals surface area contributed by atoms with E-state index in [1.54, 1.807) is 0 Å². The monoisotopic (exact) mass is 291 g/mol. The van der Waals surface area contributed by atoms with Crippen LogP contribution >= 0.6 is 7.60 Å². The fourth-order valence-corrected chi connectivity index (χ4v) is 1.87. The van der Waals surface area contributed by atoms with Gasteiger partial charge in [0.1, 0.15) is 6.04 Å². The summed E-state index contributed by atoms with van der Waals surface area (Å²) in [6.07, 6.45) is -0.850. The van der Waals surface area contributed by atoms with Crippen molar-refractivity contribution >= 4 is 13.6 Å². The Morgan fingerprint density at radius 3 is 2.37 bits per heavy atom. The van der Waals surface area contributed by atoms with E-state index in [9.17, 15) is 14.5 Å². The first kappa shape index (κ1) is 15.5. The second-order valence-corrected chi connectivity index (χ2v) is 5.59. The van der Waals surface area contributed by atoms with Crippen LogP contribution < -0.4 is 5.32 Å². The molecule has 19 heavy (non-hydrogen) atoms. The van der Waals surface area contributed by atoms with E-state index in [2.05, 4.69) is 5.32 Å². The maximum atomic E-state index is 10.9. The molecule has 0 unspecified atom stereocenters. The van der Waals surface area contributed by atoms with Gasteiger partial charge in [0, 0.05) is 0 Å². The van der Waals surface area contributed by atoms with Crippen LogP contribution in [-0.2, 0) is 15.8 Å². The maximum absolute atomic E-state index is 10.9. The van der Waals surface area contributed by atoms with Crippen molar-refractivity contribution in [1.82, 2.24) is 5.32 Å². The predicted molar refractivity (Wildman–Crippen MR) is 64.9 cm³/mol. The third-order valence-electron chi connectivity index (χ3n) is 2.32. The van der Waals surface area contributed by atoms with E-state index in [1.165, 1.54) is 18.2 Å². The lowest BCUT2D eigenvalue weighted by atomic mass is 10.1. The van der Waals surface area contributed by atoms with Crippen LogP contribution in [0.2, 0.25) is 0 Å². The Bertz CT molecular complexity index is 513. The van der Waals surface area contributed by atoms with Gasteiger partial charge < -0.3 is 25.1 Å². The fraction of sp³-hybridized carbons (Fsp3) is 0.300. The van der Waals surface area contributed by atoms with Gasteiger partial charge in [-0.05, 0) is 24.1 Å². The summed E-state index contributed by atoms with van der Waals surface area (Å²) in [7, 11) is -4.35. The van der Waals surface area contributed by atoms with Gasteiger partial charge in [-0.15, -0.1) is 0 Å². The van der Waals surface area contributed by atoms with E-state index < -0.39 is 31.6 Å². The normalized spacial score (nSPS) is 13.2. The number of phenolic OH excluding ortho intramolecular Hbond substituents is 2. The number of carboxylic acids is 1. The molecular formula is C10H14NO7P. The number of aromatic hydroxyl groups is 2. The minimum atomic E-state index is -4.35. The quantitative estimate of drug-likeness (QED) is 0.312. The van der Waals surface area contributed by atoms with Crippen molar-refractivity contribution in [3.8, 4) is 11.5 Å². The van der Waals surface area contributed by atoms with E-state index in [0.29, 0.717) is 5.56 Å². The highest BCUT2D eigenvalue weighted by Crippen LogP contribution is 2.32. The van der Waals surface area contributed by atoms with Gasteiger partial charge in [0.05, 0.1) is 6.29 Å². The molecule has 0 saturated heterocycles. The number of carbonyl (C=O) groups is 1. The van der Waals surface area contributed by atoms with Gasteiger partial charge in [-0.1, -0.05) is 6.07 Å². The zero-order valence-corrected chi connectivity index (χ0v) is 10.6. The van der Waals surface area contributed by atoms with Crippen LogP contribution in [0.15, 0.2) is 18.2 Å². The van der Waals surface area contributed by atoms with Crippen molar-refractivity contribution in [2.45, 2.75) is 12.5 Å². The molecule has 0 aliphatic carbocycles. The number of benzene rings is 1. The van der Waals surface area contributed by atoms with Crippen molar-refractivity contribution in [1.29, 1.82) is 0 Å². The highest BCUT2D eigenvalue weighted by Gasteiger charge is 2.22. The molecule has 8 nitrogen and oxygen atoms in total. The molecule has 1 aromatic carbocycles. The van der Waals surface area contributed by atoms with E-state index in [-0.39, 0.29) is 12.2 Å². The third kappa shape index (κ3) is 5.27. The van der Waals surface area contributed by atoms with Crippen LogP contribution in [0.5, 0.6) is 11.5 Å². The third-order valence-corrected chi connectivity index (χ3v) is 2.92. The average molecular weight is 291 g/mol. The number of carboxylic acid groups (broad SMARTS) is 1. The Labute approximate surface area is 108 Å². The lowest BCUT2D eigenvalue weighted by molar-refractivity contribution is -0.139. The molecule has 1 atom stereocenters. The van der Waals surface area contributed by atoms with Gasteiger partial charge in [0.2, 0.25) is 0 Å². The molecule has 0 spiro atoms. The fourth-order valence-electron chi connectivity index (χ4n) is 1.41. The van der Waals surface area contributed by atoms with Gasteiger partial charge >= 0.3 is 13.6 Å². The topological polar surface area (TPSA) is 147 Å². The van der Waals surface area contributed by atoms with Gasteiger partial charge in [-0.25, -0.2) is 0 Å². The van der Waals surface area contributed by atoms with Crippen LogP contribution in [0, 0.1) is 0 Å². The first-order chi connectivity index (χ1) is 8.69. The van der Waals surface area contributed by atoms with Gasteiger partial charge in [-0.3, -0.25) is 14.7 Å². The zero-order chi connectivity index (χ0) is 14.6. The highest BCUT2D eigenvalue weighted by atomic mass is 31.2. The summed E-state index contributed by atoms with van der Waals surface area (Å²) in [4.78, 5) is 28.3. The Kier molecular flexibility index (Phi) is 4.90. The maximum Gasteiger partial charge on any atom is 0.339 e. The van der Waals surface area contributed by atoms with E-state index >= 15 is 0 Å². The number of hydrogen-bond acceptors (Lipinski definition) is 5. The lowest BCUT2D eigenvalue weighted by Gasteiger charge is -2.15. The summed E-state index contributed by atoms with van der Waals surface area (Å²) >= 11 is 0. The van der Waals surface area contributed by atoms with Crippen LogP contribution in [0.3, 0.4) is 0 Å². The summed E-state index contributed by atoms with van der Waals surface area (Å²) in [5.74, 6) is -2.00. The average Bonchev–Trinajstić information content (AvgIpc) is 2.27. The van der Waals surface area contributed by atoms with E-state index in [1.807, 2.05) is 0 Å². The number of aliphatic carboxylic acids is 1. The standard InChI is InChI=1S/C10H14NO7P/c12-8-2-1-6(4-9(8)13)3-7(10(14)15)11-5-19(16,17)18/h1-2,4,7,11-13H,3,5H2,(H,14,15)(H2,16,17,18)/t7-/m0/s1. The minimum absolute atomic E-state index is 0.0941. The molecule has 0 aliphatic rings. The van der Waals surface area contributed by atoms with Crippen molar-refractivity contribution in [3.05, 3.63) is 23.8 Å². The predicted octanol–water partition coefficient (Wildman–Crippen LogP) is -0.182. The molecule has 0 amide bonds. The molecule has 0 aromatic heterocycles. The van der Waals surface area contributed by atoms with Crippen molar-refractivity contribution < 1.29 is 34.5 Å². The van der Waals surface area contributed by atoms with Crippen molar-refractivity contribution in [2.75, 3.05) is 6.29 Å². The Balaban J connectivity index is 2.75. The van der Waals surface area contributed by atoms with Crippen LogP contribution in [0.4, 0.5) is 0 Å². The number of nitrogens with one attached hydrogen (secondary N) is 1. The SMILES string of the molecule is O=C(O)[C@H](Cc1ccc(O)c(O)c1)NCP(=O)(O)O. The summed E-state index contributed by atoms with van der Waals surface area (Å²) in [6, 6.07) is 2.58. The molecule has 0 aliphatic heterocycles. The van der Waals surface area contributed by atoms with Gasteiger partial charge in [0.15, 0.2) is 11.5 Å². The summed E-state index contributed by atoms with van der Waals surface area (Å²) in [6.45, 7) is 0. The smallest absolute Gasteiger partial charge is 0.339 e. The summed E-state index contributed by atoms with van der Waals surface area (Å²) < 4.78 is 10.7.